The van der Waals surface area contributed by atoms with Crippen molar-refractivity contribution in [2.24, 2.45) is 0 Å². The van der Waals surface area contributed by atoms with Crippen molar-refractivity contribution in [3.63, 3.8) is 0 Å². The van der Waals surface area contributed by atoms with E-state index in [0.29, 0.717) is 22.6 Å². The summed E-state index contributed by atoms with van der Waals surface area (Å²) in [4.78, 5) is 24.2. The monoisotopic (exact) mass is 378 g/mol. The summed E-state index contributed by atoms with van der Waals surface area (Å²) in [5.74, 6) is 0.133. The van der Waals surface area contributed by atoms with Crippen LogP contribution in [0.1, 0.15) is 20.7 Å². The van der Waals surface area contributed by atoms with Crippen LogP contribution in [0.2, 0.25) is 0 Å². The first-order valence-electron chi connectivity index (χ1n) is 6.63. The summed E-state index contributed by atoms with van der Waals surface area (Å²) in [6.45, 7) is 0. The number of halogens is 1. The highest BCUT2D eigenvalue weighted by molar-refractivity contribution is 9.10. The standard InChI is InChI=1S/C16H15BrN2O4/c1-22-12-6-3-10(4-7-12)15(20)18-19-16(21)13-9-11(17)5-8-14(13)23-2/h3-9H,1-2H3,(H,18,20)(H,19,21). The smallest absolute Gasteiger partial charge is 0.273 e. The molecule has 0 bridgehead atoms. The molecule has 0 spiro atoms. The maximum absolute atomic E-state index is 12.2. The number of hydrogen-bond acceptors (Lipinski definition) is 4. The third-order valence-electron chi connectivity index (χ3n) is 3.05. The highest BCUT2D eigenvalue weighted by Crippen LogP contribution is 2.22. The first kappa shape index (κ1) is 16.8. The molecule has 0 saturated heterocycles. The van der Waals surface area contributed by atoms with E-state index in [4.69, 9.17) is 9.47 Å². The van der Waals surface area contributed by atoms with Gasteiger partial charge in [-0.15, -0.1) is 0 Å². The Hall–Kier alpha value is -2.54. The van der Waals surface area contributed by atoms with Crippen LogP contribution < -0.4 is 20.3 Å². The first-order chi connectivity index (χ1) is 11.0. The van der Waals surface area contributed by atoms with Gasteiger partial charge in [-0.05, 0) is 42.5 Å². The summed E-state index contributed by atoms with van der Waals surface area (Å²) in [7, 11) is 3.01. The molecule has 2 N–H and O–H groups in total. The van der Waals surface area contributed by atoms with Crippen LogP contribution in [0.25, 0.3) is 0 Å². The molecule has 0 unspecified atom stereocenters. The molecule has 0 aromatic heterocycles. The quantitative estimate of drug-likeness (QED) is 0.801. The predicted octanol–water partition coefficient (Wildman–Crippen LogP) is 2.54. The Morgan fingerprint density at radius 2 is 1.57 bits per heavy atom. The van der Waals surface area contributed by atoms with E-state index in [2.05, 4.69) is 26.8 Å². The zero-order valence-electron chi connectivity index (χ0n) is 12.6. The van der Waals surface area contributed by atoms with E-state index >= 15 is 0 Å². The molecule has 2 aromatic rings. The number of rotatable bonds is 4. The van der Waals surface area contributed by atoms with Crippen LogP contribution in [0.15, 0.2) is 46.9 Å². The van der Waals surface area contributed by atoms with Gasteiger partial charge in [-0.3, -0.25) is 20.4 Å². The maximum atomic E-state index is 12.2. The maximum Gasteiger partial charge on any atom is 0.273 e. The average molecular weight is 379 g/mol. The van der Waals surface area contributed by atoms with Crippen molar-refractivity contribution in [1.82, 2.24) is 10.9 Å². The normalized spacial score (nSPS) is 9.87. The molecule has 120 valence electrons. The molecule has 0 aliphatic carbocycles. The molecule has 7 heteroatoms. The summed E-state index contributed by atoms with van der Waals surface area (Å²) in [5.41, 5.74) is 5.41. The molecule has 0 fully saturated rings. The van der Waals surface area contributed by atoms with E-state index in [-0.39, 0.29) is 0 Å². The fraction of sp³-hybridized carbons (Fsp3) is 0.125. The number of nitrogens with one attached hydrogen (secondary N) is 2. The number of amides is 2. The van der Waals surface area contributed by atoms with E-state index in [1.807, 2.05) is 0 Å². The zero-order chi connectivity index (χ0) is 16.8. The SMILES string of the molecule is COc1ccc(C(=O)NNC(=O)c2cc(Br)ccc2OC)cc1. The second-order valence-electron chi connectivity index (χ2n) is 4.48. The fourth-order valence-corrected chi connectivity index (χ4v) is 2.21. The van der Waals surface area contributed by atoms with Gasteiger partial charge in [0.05, 0.1) is 19.8 Å². The summed E-state index contributed by atoms with van der Waals surface area (Å²) in [6.07, 6.45) is 0. The summed E-state index contributed by atoms with van der Waals surface area (Å²) in [5, 5.41) is 0. The average Bonchev–Trinajstić information content (AvgIpc) is 2.59. The number of benzene rings is 2. The molecule has 0 atom stereocenters. The summed E-state index contributed by atoms with van der Waals surface area (Å²) in [6, 6.07) is 11.5. The number of ether oxygens (including phenoxy) is 2. The molecule has 2 amide bonds. The lowest BCUT2D eigenvalue weighted by Crippen LogP contribution is -2.41. The highest BCUT2D eigenvalue weighted by atomic mass is 79.9. The van der Waals surface area contributed by atoms with Crippen LogP contribution >= 0.6 is 15.9 Å². The van der Waals surface area contributed by atoms with Crippen LogP contribution in [0.4, 0.5) is 0 Å². The minimum atomic E-state index is -0.481. The van der Waals surface area contributed by atoms with Gasteiger partial charge in [0.25, 0.3) is 11.8 Å². The summed E-state index contributed by atoms with van der Waals surface area (Å²) < 4.78 is 10.9. The first-order valence-corrected chi connectivity index (χ1v) is 7.42. The van der Waals surface area contributed by atoms with Gasteiger partial charge in [-0.2, -0.15) is 0 Å². The van der Waals surface area contributed by atoms with E-state index in [9.17, 15) is 9.59 Å². The van der Waals surface area contributed by atoms with Gasteiger partial charge in [0.2, 0.25) is 0 Å². The molecule has 2 aromatic carbocycles. The topological polar surface area (TPSA) is 76.7 Å². The van der Waals surface area contributed by atoms with Crippen LogP contribution in [0, 0.1) is 0 Å². The Bertz CT molecular complexity index is 717. The number of methoxy groups -OCH3 is 2. The van der Waals surface area contributed by atoms with Gasteiger partial charge in [0.1, 0.15) is 11.5 Å². The molecule has 0 aliphatic rings. The lowest BCUT2D eigenvalue weighted by Gasteiger charge is -2.11. The molecule has 2 rings (SSSR count). The number of hydrazine groups is 1. The van der Waals surface area contributed by atoms with Crippen molar-refractivity contribution in [2.75, 3.05) is 14.2 Å². The third-order valence-corrected chi connectivity index (χ3v) is 3.54. The number of carbonyl (C=O) groups excluding carboxylic acids is 2. The molecular formula is C16H15BrN2O4. The minimum Gasteiger partial charge on any atom is -0.497 e. The van der Waals surface area contributed by atoms with Crippen molar-refractivity contribution in [3.8, 4) is 11.5 Å². The molecule has 0 heterocycles. The molecular weight excluding hydrogens is 364 g/mol. The number of hydrogen-bond donors (Lipinski definition) is 2. The van der Waals surface area contributed by atoms with Crippen molar-refractivity contribution >= 4 is 27.7 Å². The van der Waals surface area contributed by atoms with Gasteiger partial charge in [-0.25, -0.2) is 0 Å². The van der Waals surface area contributed by atoms with Gasteiger partial charge < -0.3 is 9.47 Å². The van der Waals surface area contributed by atoms with E-state index in [1.54, 1.807) is 49.6 Å². The van der Waals surface area contributed by atoms with Gasteiger partial charge >= 0.3 is 0 Å². The van der Waals surface area contributed by atoms with Crippen molar-refractivity contribution in [2.45, 2.75) is 0 Å². The Labute approximate surface area is 141 Å². The predicted molar refractivity (Wildman–Crippen MR) is 88.6 cm³/mol. The van der Waals surface area contributed by atoms with E-state index in [0.717, 1.165) is 4.47 Å². The molecule has 0 aliphatic heterocycles. The molecule has 6 nitrogen and oxygen atoms in total. The minimum absolute atomic E-state index is 0.303. The third kappa shape index (κ3) is 4.23. The van der Waals surface area contributed by atoms with E-state index in [1.165, 1.54) is 7.11 Å². The van der Waals surface area contributed by atoms with Crippen LogP contribution in [0.3, 0.4) is 0 Å². The van der Waals surface area contributed by atoms with Crippen molar-refractivity contribution in [3.05, 3.63) is 58.1 Å². The van der Waals surface area contributed by atoms with Gasteiger partial charge in [-0.1, -0.05) is 15.9 Å². The Morgan fingerprint density at radius 1 is 0.913 bits per heavy atom. The van der Waals surface area contributed by atoms with Gasteiger partial charge in [0.15, 0.2) is 0 Å². The Balaban J connectivity index is 2.03. The zero-order valence-corrected chi connectivity index (χ0v) is 14.1. The van der Waals surface area contributed by atoms with Crippen LogP contribution in [0.5, 0.6) is 11.5 Å². The van der Waals surface area contributed by atoms with E-state index < -0.39 is 11.8 Å². The molecule has 0 radical (unpaired) electrons. The lowest BCUT2D eigenvalue weighted by molar-refractivity contribution is 0.0845. The summed E-state index contributed by atoms with van der Waals surface area (Å²) >= 11 is 3.29. The van der Waals surface area contributed by atoms with Crippen molar-refractivity contribution in [1.29, 1.82) is 0 Å². The second-order valence-corrected chi connectivity index (χ2v) is 5.40. The largest absolute Gasteiger partial charge is 0.497 e. The van der Waals surface area contributed by atoms with Crippen LogP contribution in [-0.2, 0) is 0 Å². The lowest BCUT2D eigenvalue weighted by atomic mass is 10.2. The highest BCUT2D eigenvalue weighted by Gasteiger charge is 2.14. The molecule has 0 saturated carbocycles. The molecule has 23 heavy (non-hydrogen) atoms. The Morgan fingerprint density at radius 3 is 2.17 bits per heavy atom. The van der Waals surface area contributed by atoms with Crippen molar-refractivity contribution < 1.29 is 19.1 Å². The van der Waals surface area contributed by atoms with Gasteiger partial charge in [0, 0.05) is 10.0 Å². The second kappa shape index (κ2) is 7.64. The van der Waals surface area contributed by atoms with Crippen LogP contribution in [-0.4, -0.2) is 26.0 Å². The fourth-order valence-electron chi connectivity index (χ4n) is 1.85. The number of carbonyl (C=O) groups is 2. The Kier molecular flexibility index (Phi) is 5.59.